The molecule has 0 aliphatic rings. The van der Waals surface area contributed by atoms with Crippen LogP contribution in [0.5, 0.6) is 0 Å². The Morgan fingerprint density at radius 1 is 1.09 bits per heavy atom. The van der Waals surface area contributed by atoms with Gasteiger partial charge in [-0.3, -0.25) is 15.1 Å². The third-order valence-electron chi connectivity index (χ3n) is 2.07. The van der Waals surface area contributed by atoms with Crippen LogP contribution in [0.3, 0.4) is 0 Å². The molecule has 4 amide bonds. The first kappa shape index (κ1) is 22.9. The lowest BCUT2D eigenvalue weighted by atomic mass is 10.7. The van der Waals surface area contributed by atoms with Crippen LogP contribution < -0.4 is 22.3 Å². The van der Waals surface area contributed by atoms with Crippen LogP contribution in [0.2, 0.25) is 0 Å². The lowest BCUT2D eigenvalue weighted by Crippen LogP contribution is -2.44. The van der Waals surface area contributed by atoms with Gasteiger partial charge in [-0.05, 0) is 19.9 Å². The number of carbonyl (C=O) groups excluding carboxylic acids is 2. The van der Waals surface area contributed by atoms with Crippen molar-refractivity contribution in [2.24, 2.45) is 11.7 Å². The molecule has 12 heteroatoms. The number of nitrogens with zero attached hydrogens (tertiary/aromatic N) is 3. The van der Waals surface area contributed by atoms with Crippen molar-refractivity contribution in [3.63, 3.8) is 0 Å². The molecule has 134 valence electrons. The van der Waals surface area contributed by atoms with E-state index < -0.39 is 12.1 Å². The molecule has 0 atom stereocenters. The average Bonchev–Trinajstić information content (AvgIpc) is 3.14. The molecule has 0 aliphatic carbocycles. The summed E-state index contributed by atoms with van der Waals surface area (Å²) in [5.41, 5.74) is 0. The third kappa shape index (κ3) is 14.3. The van der Waals surface area contributed by atoms with E-state index in [1.807, 2.05) is 6.07 Å². The molecule has 0 fully saturated rings. The highest BCUT2D eigenvalue weighted by Crippen LogP contribution is 1.76. The van der Waals surface area contributed by atoms with E-state index in [0.717, 1.165) is 10.0 Å². The summed E-state index contributed by atoms with van der Waals surface area (Å²) in [6.07, 6.45) is 3.46. The number of aromatic amines is 1. The van der Waals surface area contributed by atoms with Crippen LogP contribution in [0, 0.1) is 0 Å². The van der Waals surface area contributed by atoms with Crippen molar-refractivity contribution in [1.82, 2.24) is 30.8 Å². The highest BCUT2D eigenvalue weighted by atomic mass is 16.3. The van der Waals surface area contributed by atoms with Crippen LogP contribution >= 0.6 is 0 Å². The average molecular weight is 334 g/mol. The van der Waals surface area contributed by atoms with Gasteiger partial charge in [0, 0.05) is 25.5 Å². The van der Waals surface area contributed by atoms with Crippen molar-refractivity contribution >= 4 is 12.1 Å². The zero-order valence-electron chi connectivity index (χ0n) is 13.3. The number of carbonyl (C=O) groups is 2. The summed E-state index contributed by atoms with van der Waals surface area (Å²) < 4.78 is 0. The first-order chi connectivity index (χ1) is 10.9. The number of H-pyrrole nitrogens is 1. The fraction of sp³-hybridized carbons (Fsp3) is 0.545. The molecule has 0 unspecified atom stereocenters. The van der Waals surface area contributed by atoms with Crippen molar-refractivity contribution in [3.8, 4) is 0 Å². The normalized spacial score (nSPS) is 8.61. The van der Waals surface area contributed by atoms with E-state index in [9.17, 15) is 9.59 Å². The molecular weight excluding hydrogens is 308 g/mol. The maximum atomic E-state index is 10.5. The van der Waals surface area contributed by atoms with Gasteiger partial charge in [-0.25, -0.2) is 21.3 Å². The number of rotatable bonds is 4. The summed E-state index contributed by atoms with van der Waals surface area (Å²) in [5.74, 6) is 10.2. The Hall–Kier alpha value is -2.41. The van der Waals surface area contributed by atoms with E-state index in [0.29, 0.717) is 13.1 Å². The molecule has 0 saturated heterocycles. The molecular formula is C11H26N8O4. The first-order valence-electron chi connectivity index (χ1n) is 6.70. The van der Waals surface area contributed by atoms with E-state index in [1.165, 1.54) is 0 Å². The van der Waals surface area contributed by atoms with Gasteiger partial charge in [0.1, 0.15) is 13.5 Å². The summed E-state index contributed by atoms with van der Waals surface area (Å²) in [4.78, 5) is 21.0. The summed E-state index contributed by atoms with van der Waals surface area (Å²) >= 11 is 0. The van der Waals surface area contributed by atoms with E-state index in [-0.39, 0.29) is 13.5 Å². The molecule has 0 aliphatic heterocycles. The van der Waals surface area contributed by atoms with E-state index in [1.54, 1.807) is 26.2 Å². The number of hydrogen-bond acceptors (Lipinski definition) is 7. The number of nitrogens with two attached hydrogens (primary N) is 2. The van der Waals surface area contributed by atoms with Crippen LogP contribution in [0.1, 0.15) is 13.8 Å². The fourth-order valence-corrected chi connectivity index (χ4v) is 0.841. The molecule has 1 aromatic heterocycles. The van der Waals surface area contributed by atoms with Gasteiger partial charge in [-0.1, -0.05) is 0 Å². The number of aliphatic hydroxyl groups is 2. The maximum Gasteiger partial charge on any atom is 0.333 e. The molecule has 0 aromatic carbocycles. The number of amides is 4. The van der Waals surface area contributed by atoms with Crippen molar-refractivity contribution in [2.75, 3.05) is 26.6 Å². The number of urea groups is 2. The van der Waals surface area contributed by atoms with Crippen LogP contribution in [-0.4, -0.2) is 69.0 Å². The van der Waals surface area contributed by atoms with Gasteiger partial charge in [0.2, 0.25) is 0 Å². The second kappa shape index (κ2) is 16.0. The molecule has 0 radical (unpaired) electrons. The number of hydrazine groups is 2. The molecule has 12 nitrogen and oxygen atoms in total. The third-order valence-corrected chi connectivity index (χ3v) is 2.07. The van der Waals surface area contributed by atoms with Gasteiger partial charge in [0.25, 0.3) is 0 Å². The van der Waals surface area contributed by atoms with Crippen LogP contribution in [0.15, 0.2) is 18.5 Å². The van der Waals surface area contributed by atoms with Gasteiger partial charge < -0.3 is 20.8 Å². The topological polar surface area (TPSA) is 186 Å². The summed E-state index contributed by atoms with van der Waals surface area (Å²) in [7, 11) is 0. The van der Waals surface area contributed by atoms with Gasteiger partial charge >= 0.3 is 12.1 Å². The minimum Gasteiger partial charge on any atom is -0.376 e. The number of aliphatic hydroxyl groups excluding tert-OH is 2. The number of hydrogen-bond donors (Lipinski definition) is 7. The number of nitrogens with one attached hydrogen (secondary N) is 3. The Kier molecular flexibility index (Phi) is 15.9. The van der Waals surface area contributed by atoms with Gasteiger partial charge in [0.15, 0.2) is 0 Å². The molecule has 23 heavy (non-hydrogen) atoms. The molecule has 0 saturated carbocycles. The van der Waals surface area contributed by atoms with Crippen molar-refractivity contribution in [2.45, 2.75) is 13.8 Å². The van der Waals surface area contributed by atoms with Crippen LogP contribution in [0.4, 0.5) is 9.59 Å². The SMILES string of the molecule is CCN(N)C(=O)NCO.CCN(N)C(=O)NCO.c1cn[nH]c1. The zero-order valence-corrected chi connectivity index (χ0v) is 13.3. The van der Waals surface area contributed by atoms with E-state index >= 15 is 0 Å². The molecule has 0 bridgehead atoms. The van der Waals surface area contributed by atoms with E-state index in [2.05, 4.69) is 20.8 Å². The number of aromatic nitrogens is 2. The Balaban J connectivity index is 0. The van der Waals surface area contributed by atoms with Gasteiger partial charge in [-0.15, -0.1) is 0 Å². The van der Waals surface area contributed by atoms with Crippen molar-refractivity contribution in [1.29, 1.82) is 0 Å². The Labute approximate surface area is 134 Å². The predicted octanol–water partition coefficient (Wildman–Crippen LogP) is -1.91. The first-order valence-corrected chi connectivity index (χ1v) is 6.70. The molecule has 9 N–H and O–H groups in total. The minimum absolute atomic E-state index is 0.382. The highest BCUT2D eigenvalue weighted by Gasteiger charge is 2.03. The second-order valence-corrected chi connectivity index (χ2v) is 3.62. The Bertz CT molecular complexity index is 348. The second-order valence-electron chi connectivity index (χ2n) is 3.62. The van der Waals surface area contributed by atoms with Crippen LogP contribution in [-0.2, 0) is 0 Å². The largest absolute Gasteiger partial charge is 0.376 e. The summed E-state index contributed by atoms with van der Waals surface area (Å²) in [5, 5.41) is 28.7. The van der Waals surface area contributed by atoms with Gasteiger partial charge in [0.05, 0.1) is 0 Å². The standard InChI is InChI=1S/2C4H11N3O2.C3H4N2/c2*1-2-7(5)4(9)6-3-8;1-2-4-5-3-1/h2*8H,2-3,5H2,1H3,(H,6,9);1-3H,(H,4,5). The van der Waals surface area contributed by atoms with Crippen molar-refractivity contribution < 1.29 is 19.8 Å². The lowest BCUT2D eigenvalue weighted by molar-refractivity contribution is 0.182. The van der Waals surface area contributed by atoms with E-state index in [4.69, 9.17) is 21.9 Å². The van der Waals surface area contributed by atoms with Crippen molar-refractivity contribution in [3.05, 3.63) is 18.5 Å². The lowest BCUT2D eigenvalue weighted by Gasteiger charge is -2.12. The molecule has 1 aromatic rings. The molecule has 0 spiro atoms. The van der Waals surface area contributed by atoms with Gasteiger partial charge in [-0.2, -0.15) is 5.10 Å². The Morgan fingerprint density at radius 3 is 1.70 bits per heavy atom. The minimum atomic E-state index is -0.472. The maximum absolute atomic E-state index is 10.5. The quantitative estimate of drug-likeness (QED) is 0.145. The monoisotopic (exact) mass is 334 g/mol. The highest BCUT2D eigenvalue weighted by molar-refractivity contribution is 5.73. The summed E-state index contributed by atoms with van der Waals surface area (Å²) in [6.45, 7) is 3.55. The zero-order chi connectivity index (χ0) is 18.1. The molecule has 1 heterocycles. The predicted molar refractivity (Wildman–Crippen MR) is 83.0 cm³/mol. The van der Waals surface area contributed by atoms with Crippen LogP contribution in [0.25, 0.3) is 0 Å². The fourth-order valence-electron chi connectivity index (χ4n) is 0.841. The summed E-state index contributed by atoms with van der Waals surface area (Å²) in [6, 6.07) is 0.889. The molecule has 1 rings (SSSR count). The smallest absolute Gasteiger partial charge is 0.333 e. The Morgan fingerprint density at radius 2 is 1.52 bits per heavy atom.